The molecule has 0 unspecified atom stereocenters. The first kappa shape index (κ1) is 16.9. The van der Waals surface area contributed by atoms with Crippen molar-refractivity contribution in [3.8, 4) is 0 Å². The van der Waals surface area contributed by atoms with Crippen LogP contribution in [0, 0.1) is 0 Å². The van der Waals surface area contributed by atoms with Gasteiger partial charge in [-0.15, -0.1) is 12.4 Å². The van der Waals surface area contributed by atoms with Gasteiger partial charge >= 0.3 is 0 Å². The molecule has 1 saturated carbocycles. The number of hydrogen-bond acceptors (Lipinski definition) is 2. The van der Waals surface area contributed by atoms with Crippen molar-refractivity contribution in [1.82, 2.24) is 0 Å². The summed E-state index contributed by atoms with van der Waals surface area (Å²) < 4.78 is 25.2. The third-order valence-corrected chi connectivity index (χ3v) is 3.59. The summed E-state index contributed by atoms with van der Waals surface area (Å²) in [6.07, 6.45) is 1.70. The van der Waals surface area contributed by atoms with E-state index in [2.05, 4.69) is 5.32 Å². The lowest BCUT2D eigenvalue weighted by Crippen LogP contribution is -2.52. The van der Waals surface area contributed by atoms with Gasteiger partial charge in [0.2, 0.25) is 5.91 Å². The van der Waals surface area contributed by atoms with Crippen LogP contribution in [0.4, 0.5) is 14.5 Å². The van der Waals surface area contributed by atoms with Crippen molar-refractivity contribution < 1.29 is 13.6 Å². The van der Waals surface area contributed by atoms with E-state index in [9.17, 15) is 13.6 Å². The van der Waals surface area contributed by atoms with Crippen LogP contribution in [-0.4, -0.2) is 11.4 Å². The Morgan fingerprint density at radius 1 is 1.25 bits per heavy atom. The van der Waals surface area contributed by atoms with Gasteiger partial charge in [-0.25, -0.2) is 8.78 Å². The van der Waals surface area contributed by atoms with Gasteiger partial charge in [0.1, 0.15) is 0 Å². The molecule has 2 rings (SSSR count). The van der Waals surface area contributed by atoms with Gasteiger partial charge in [-0.3, -0.25) is 4.79 Å². The first-order valence-corrected chi connectivity index (χ1v) is 6.50. The molecular weight excluding hydrogens is 286 g/mol. The molecule has 1 fully saturated rings. The van der Waals surface area contributed by atoms with Crippen molar-refractivity contribution in [3.05, 3.63) is 29.8 Å². The Morgan fingerprint density at radius 2 is 1.90 bits per heavy atom. The Morgan fingerprint density at radius 3 is 2.50 bits per heavy atom. The van der Waals surface area contributed by atoms with Crippen LogP contribution in [0.25, 0.3) is 0 Å². The molecule has 1 aliphatic carbocycles. The van der Waals surface area contributed by atoms with Gasteiger partial charge in [0.15, 0.2) is 0 Å². The van der Waals surface area contributed by atoms with E-state index in [1.807, 2.05) is 0 Å². The Hall–Kier alpha value is -1.20. The number of hydrogen-bond donors (Lipinski definition) is 2. The fraction of sp³-hybridized carbons (Fsp3) is 0.500. The summed E-state index contributed by atoms with van der Waals surface area (Å²) in [7, 11) is 0. The zero-order chi connectivity index (χ0) is 13.9. The second-order valence-corrected chi connectivity index (χ2v) is 5.10. The van der Waals surface area contributed by atoms with E-state index in [4.69, 9.17) is 5.73 Å². The van der Waals surface area contributed by atoms with Crippen LogP contribution < -0.4 is 11.1 Å². The molecule has 20 heavy (non-hydrogen) atoms. The van der Waals surface area contributed by atoms with Crippen LogP contribution >= 0.6 is 12.4 Å². The minimum atomic E-state index is -2.54. The zero-order valence-electron chi connectivity index (χ0n) is 11.1. The van der Waals surface area contributed by atoms with Crippen molar-refractivity contribution in [2.45, 2.75) is 44.1 Å². The van der Waals surface area contributed by atoms with Crippen LogP contribution in [0.1, 0.15) is 44.1 Å². The number of carbonyl (C=O) groups is 1. The van der Waals surface area contributed by atoms with Gasteiger partial charge < -0.3 is 11.1 Å². The molecule has 1 aliphatic rings. The maximum absolute atomic E-state index is 12.6. The minimum Gasteiger partial charge on any atom is -0.324 e. The second kappa shape index (κ2) is 6.99. The molecule has 6 heteroatoms. The quantitative estimate of drug-likeness (QED) is 0.895. The summed E-state index contributed by atoms with van der Waals surface area (Å²) >= 11 is 0. The maximum atomic E-state index is 12.6. The van der Waals surface area contributed by atoms with E-state index in [0.717, 1.165) is 19.3 Å². The molecule has 0 aromatic heterocycles. The van der Waals surface area contributed by atoms with Crippen LogP contribution in [0.5, 0.6) is 0 Å². The summed E-state index contributed by atoms with van der Waals surface area (Å²) in [6.45, 7) is 0. The summed E-state index contributed by atoms with van der Waals surface area (Å²) in [6, 6.07) is 5.71. The van der Waals surface area contributed by atoms with Crippen LogP contribution in [0.15, 0.2) is 24.3 Å². The fourth-order valence-corrected chi connectivity index (χ4v) is 2.42. The molecule has 0 atom stereocenters. The molecule has 0 saturated heterocycles. The van der Waals surface area contributed by atoms with E-state index in [1.54, 1.807) is 6.07 Å². The fourth-order valence-electron chi connectivity index (χ4n) is 2.42. The predicted octanol–water partition coefficient (Wildman–Crippen LogP) is 3.65. The molecule has 0 heterocycles. The molecule has 0 spiro atoms. The standard InChI is InChI=1S/C14H18F2N2O.ClH/c15-12(16)10-5-4-6-11(9-10)18-13(19)14(17)7-2-1-3-8-14;/h4-6,9,12H,1-3,7-8,17H2,(H,18,19);1H. The average molecular weight is 305 g/mol. The molecule has 0 bridgehead atoms. The van der Waals surface area contributed by atoms with Gasteiger partial charge in [-0.2, -0.15) is 0 Å². The Labute approximate surface area is 123 Å². The number of amides is 1. The van der Waals surface area contributed by atoms with Crippen molar-refractivity contribution in [1.29, 1.82) is 0 Å². The van der Waals surface area contributed by atoms with E-state index in [1.165, 1.54) is 18.2 Å². The summed E-state index contributed by atoms with van der Waals surface area (Å²) in [5, 5.41) is 2.65. The third-order valence-electron chi connectivity index (χ3n) is 3.59. The molecule has 112 valence electrons. The first-order valence-electron chi connectivity index (χ1n) is 6.50. The lowest BCUT2D eigenvalue weighted by Gasteiger charge is -2.31. The number of halogens is 3. The highest BCUT2D eigenvalue weighted by Gasteiger charge is 2.35. The van der Waals surface area contributed by atoms with Gasteiger partial charge in [-0.05, 0) is 25.0 Å². The first-order chi connectivity index (χ1) is 9.01. The molecule has 3 N–H and O–H groups in total. The average Bonchev–Trinajstić information content (AvgIpc) is 2.40. The van der Waals surface area contributed by atoms with Crippen LogP contribution in [-0.2, 0) is 4.79 Å². The number of carbonyl (C=O) groups excluding carboxylic acids is 1. The smallest absolute Gasteiger partial charge is 0.263 e. The van der Waals surface area contributed by atoms with Gasteiger partial charge in [0, 0.05) is 11.3 Å². The lowest BCUT2D eigenvalue weighted by atomic mass is 9.82. The van der Waals surface area contributed by atoms with Crippen molar-refractivity contribution >= 4 is 24.0 Å². The zero-order valence-corrected chi connectivity index (χ0v) is 11.9. The Balaban J connectivity index is 0.00000200. The van der Waals surface area contributed by atoms with E-state index in [-0.39, 0.29) is 23.9 Å². The summed E-state index contributed by atoms with van der Waals surface area (Å²) in [5.74, 6) is -0.279. The molecular formula is C14H19ClF2N2O. The Bertz CT molecular complexity index is 462. The van der Waals surface area contributed by atoms with Gasteiger partial charge in [0.05, 0.1) is 5.54 Å². The molecule has 1 aromatic carbocycles. The molecule has 1 aromatic rings. The summed E-state index contributed by atoms with van der Waals surface area (Å²) in [4.78, 5) is 12.1. The Kier molecular flexibility index (Phi) is 5.89. The SMILES string of the molecule is Cl.NC1(C(=O)Nc2cccc(C(F)F)c2)CCCCC1. The van der Waals surface area contributed by atoms with E-state index >= 15 is 0 Å². The molecule has 1 amide bonds. The maximum Gasteiger partial charge on any atom is 0.263 e. The topological polar surface area (TPSA) is 55.1 Å². The summed E-state index contributed by atoms with van der Waals surface area (Å²) in [5.41, 5.74) is 5.50. The molecule has 0 radical (unpaired) electrons. The highest BCUT2D eigenvalue weighted by Crippen LogP contribution is 2.28. The highest BCUT2D eigenvalue weighted by atomic mass is 35.5. The number of benzene rings is 1. The van der Waals surface area contributed by atoms with Crippen molar-refractivity contribution in [2.24, 2.45) is 5.73 Å². The third kappa shape index (κ3) is 3.90. The lowest BCUT2D eigenvalue weighted by molar-refractivity contribution is -0.122. The largest absolute Gasteiger partial charge is 0.324 e. The number of alkyl halides is 2. The monoisotopic (exact) mass is 304 g/mol. The van der Waals surface area contributed by atoms with Crippen LogP contribution in [0.3, 0.4) is 0 Å². The number of rotatable bonds is 3. The number of anilines is 1. The number of nitrogens with one attached hydrogen (secondary N) is 1. The molecule has 3 nitrogen and oxygen atoms in total. The van der Waals surface area contributed by atoms with Gasteiger partial charge in [0.25, 0.3) is 6.43 Å². The van der Waals surface area contributed by atoms with E-state index < -0.39 is 12.0 Å². The minimum absolute atomic E-state index is 0. The van der Waals surface area contributed by atoms with Crippen LogP contribution in [0.2, 0.25) is 0 Å². The van der Waals surface area contributed by atoms with Gasteiger partial charge in [-0.1, -0.05) is 31.4 Å². The number of nitrogens with two attached hydrogens (primary N) is 1. The second-order valence-electron chi connectivity index (χ2n) is 5.10. The normalized spacial score (nSPS) is 17.4. The predicted molar refractivity (Wildman–Crippen MR) is 77.3 cm³/mol. The molecule has 0 aliphatic heterocycles. The van der Waals surface area contributed by atoms with Crippen molar-refractivity contribution in [3.63, 3.8) is 0 Å². The van der Waals surface area contributed by atoms with E-state index in [0.29, 0.717) is 18.5 Å². The highest BCUT2D eigenvalue weighted by molar-refractivity contribution is 5.98. The van der Waals surface area contributed by atoms with Crippen molar-refractivity contribution in [2.75, 3.05) is 5.32 Å².